The second-order valence-corrected chi connectivity index (χ2v) is 4.47. The lowest BCUT2D eigenvalue weighted by Gasteiger charge is -2.21. The number of carbonyl (C=O) groups is 1. The van der Waals surface area contributed by atoms with Crippen LogP contribution in [0.3, 0.4) is 0 Å². The number of methoxy groups -OCH3 is 1. The van der Waals surface area contributed by atoms with Gasteiger partial charge in [-0.3, -0.25) is 4.79 Å². The molecule has 0 fully saturated rings. The van der Waals surface area contributed by atoms with E-state index in [0.717, 1.165) is 0 Å². The number of nitrogens with zero attached hydrogens (tertiary/aromatic N) is 1. The minimum absolute atomic E-state index is 0.0156. The van der Waals surface area contributed by atoms with Gasteiger partial charge in [0, 0.05) is 12.7 Å². The second kappa shape index (κ2) is 6.77. The Kier molecular flexibility index (Phi) is 5.34. The average molecular weight is 246 g/mol. The van der Waals surface area contributed by atoms with Gasteiger partial charge in [0.1, 0.15) is 0 Å². The second-order valence-electron chi connectivity index (χ2n) is 4.47. The SMILES string of the molecule is COCC(NC(=O)c1ccc(C#N)cc1)C(C)C. The predicted octanol–water partition coefficient (Wildman–Crippen LogP) is 1.96. The van der Waals surface area contributed by atoms with Crippen LogP contribution in [-0.2, 0) is 4.74 Å². The lowest BCUT2D eigenvalue weighted by Crippen LogP contribution is -2.41. The molecular weight excluding hydrogens is 228 g/mol. The summed E-state index contributed by atoms with van der Waals surface area (Å²) in [5.41, 5.74) is 1.10. The van der Waals surface area contributed by atoms with Gasteiger partial charge in [0.2, 0.25) is 0 Å². The topological polar surface area (TPSA) is 62.1 Å². The molecule has 0 aromatic heterocycles. The van der Waals surface area contributed by atoms with E-state index in [2.05, 4.69) is 5.32 Å². The molecule has 1 amide bonds. The Hall–Kier alpha value is -1.86. The van der Waals surface area contributed by atoms with Crippen molar-refractivity contribution < 1.29 is 9.53 Å². The van der Waals surface area contributed by atoms with Gasteiger partial charge in [-0.25, -0.2) is 0 Å². The summed E-state index contributed by atoms with van der Waals surface area (Å²) in [4.78, 5) is 12.0. The first-order valence-corrected chi connectivity index (χ1v) is 5.88. The number of amides is 1. The van der Waals surface area contributed by atoms with E-state index in [4.69, 9.17) is 10.00 Å². The Morgan fingerprint density at radius 2 is 2.00 bits per heavy atom. The van der Waals surface area contributed by atoms with Crippen LogP contribution in [0.1, 0.15) is 29.8 Å². The highest BCUT2D eigenvalue weighted by Crippen LogP contribution is 2.06. The van der Waals surface area contributed by atoms with E-state index in [1.165, 1.54) is 0 Å². The molecule has 4 nitrogen and oxygen atoms in total. The molecule has 96 valence electrons. The van der Waals surface area contributed by atoms with Gasteiger partial charge in [-0.2, -0.15) is 5.26 Å². The number of carbonyl (C=O) groups excluding carboxylic acids is 1. The maximum Gasteiger partial charge on any atom is 0.251 e. The van der Waals surface area contributed by atoms with E-state index in [0.29, 0.717) is 23.7 Å². The zero-order valence-corrected chi connectivity index (χ0v) is 10.9. The van der Waals surface area contributed by atoms with Crippen molar-refractivity contribution >= 4 is 5.91 Å². The van der Waals surface area contributed by atoms with E-state index < -0.39 is 0 Å². The Morgan fingerprint density at radius 1 is 1.39 bits per heavy atom. The Morgan fingerprint density at radius 3 is 2.44 bits per heavy atom. The van der Waals surface area contributed by atoms with Crippen molar-refractivity contribution in [2.75, 3.05) is 13.7 Å². The summed E-state index contributed by atoms with van der Waals surface area (Å²) in [7, 11) is 1.61. The van der Waals surface area contributed by atoms with Gasteiger partial charge in [0.15, 0.2) is 0 Å². The molecule has 1 atom stereocenters. The van der Waals surface area contributed by atoms with E-state index in [9.17, 15) is 4.79 Å². The Balaban J connectivity index is 2.71. The molecule has 0 heterocycles. The summed E-state index contributed by atoms with van der Waals surface area (Å²) >= 11 is 0. The van der Waals surface area contributed by atoms with Crippen LogP contribution >= 0.6 is 0 Å². The van der Waals surface area contributed by atoms with Crippen molar-refractivity contribution in [2.45, 2.75) is 19.9 Å². The van der Waals surface area contributed by atoms with Crippen LogP contribution in [0.15, 0.2) is 24.3 Å². The fourth-order valence-corrected chi connectivity index (χ4v) is 1.53. The highest BCUT2D eigenvalue weighted by atomic mass is 16.5. The van der Waals surface area contributed by atoms with Crippen molar-refractivity contribution in [2.24, 2.45) is 5.92 Å². The lowest BCUT2D eigenvalue weighted by atomic mass is 10.0. The summed E-state index contributed by atoms with van der Waals surface area (Å²) in [6, 6.07) is 8.58. The summed E-state index contributed by atoms with van der Waals surface area (Å²) in [5.74, 6) is 0.155. The molecule has 0 spiro atoms. The molecule has 1 aromatic carbocycles. The highest BCUT2D eigenvalue weighted by Gasteiger charge is 2.16. The summed E-state index contributed by atoms with van der Waals surface area (Å²) in [6.45, 7) is 4.55. The zero-order valence-electron chi connectivity index (χ0n) is 10.9. The van der Waals surface area contributed by atoms with E-state index in [-0.39, 0.29) is 11.9 Å². The molecule has 0 aliphatic carbocycles. The smallest absolute Gasteiger partial charge is 0.251 e. The first-order valence-electron chi connectivity index (χ1n) is 5.88. The van der Waals surface area contributed by atoms with Crippen LogP contribution in [0.5, 0.6) is 0 Å². The highest BCUT2D eigenvalue weighted by molar-refractivity contribution is 5.94. The maximum atomic E-state index is 12.0. The van der Waals surface area contributed by atoms with Gasteiger partial charge in [-0.15, -0.1) is 0 Å². The minimum Gasteiger partial charge on any atom is -0.383 e. The summed E-state index contributed by atoms with van der Waals surface area (Å²) in [6.07, 6.45) is 0. The van der Waals surface area contributed by atoms with Crippen LogP contribution in [0, 0.1) is 17.2 Å². The number of hydrogen-bond acceptors (Lipinski definition) is 3. The van der Waals surface area contributed by atoms with Gasteiger partial charge < -0.3 is 10.1 Å². The first-order chi connectivity index (χ1) is 8.58. The van der Waals surface area contributed by atoms with Crippen LogP contribution < -0.4 is 5.32 Å². The molecule has 0 bridgehead atoms. The molecular formula is C14H18N2O2. The van der Waals surface area contributed by atoms with Crippen molar-refractivity contribution in [3.8, 4) is 6.07 Å². The molecule has 1 N–H and O–H groups in total. The van der Waals surface area contributed by atoms with Crippen molar-refractivity contribution in [1.29, 1.82) is 5.26 Å². The maximum absolute atomic E-state index is 12.0. The third-order valence-corrected chi connectivity index (χ3v) is 2.74. The number of nitrogens with one attached hydrogen (secondary N) is 1. The van der Waals surface area contributed by atoms with E-state index in [1.807, 2.05) is 19.9 Å². The summed E-state index contributed by atoms with van der Waals surface area (Å²) in [5, 5.41) is 11.6. The van der Waals surface area contributed by atoms with Crippen LogP contribution in [0.4, 0.5) is 0 Å². The first kappa shape index (κ1) is 14.2. The molecule has 0 saturated heterocycles. The minimum atomic E-state index is -0.143. The molecule has 1 unspecified atom stereocenters. The van der Waals surface area contributed by atoms with Crippen molar-refractivity contribution in [1.82, 2.24) is 5.32 Å². The van der Waals surface area contributed by atoms with Crippen LogP contribution in [-0.4, -0.2) is 25.7 Å². The van der Waals surface area contributed by atoms with E-state index >= 15 is 0 Å². The fourth-order valence-electron chi connectivity index (χ4n) is 1.53. The van der Waals surface area contributed by atoms with Crippen LogP contribution in [0.2, 0.25) is 0 Å². The summed E-state index contributed by atoms with van der Waals surface area (Å²) < 4.78 is 5.08. The molecule has 4 heteroatoms. The number of ether oxygens (including phenoxy) is 1. The number of nitriles is 1. The number of hydrogen-bond donors (Lipinski definition) is 1. The Labute approximate surface area is 108 Å². The van der Waals surface area contributed by atoms with Crippen molar-refractivity contribution in [3.05, 3.63) is 35.4 Å². The Bertz CT molecular complexity index is 432. The zero-order chi connectivity index (χ0) is 13.5. The molecule has 0 saturated carbocycles. The monoisotopic (exact) mass is 246 g/mol. The number of rotatable bonds is 5. The van der Waals surface area contributed by atoms with Gasteiger partial charge >= 0.3 is 0 Å². The normalized spacial score (nSPS) is 11.9. The van der Waals surface area contributed by atoms with Gasteiger partial charge in [-0.1, -0.05) is 13.8 Å². The molecule has 18 heavy (non-hydrogen) atoms. The van der Waals surface area contributed by atoms with Crippen molar-refractivity contribution in [3.63, 3.8) is 0 Å². The fraction of sp³-hybridized carbons (Fsp3) is 0.429. The quantitative estimate of drug-likeness (QED) is 0.863. The average Bonchev–Trinajstić information content (AvgIpc) is 2.38. The third-order valence-electron chi connectivity index (χ3n) is 2.74. The molecule has 0 aliphatic heterocycles. The molecule has 1 rings (SSSR count). The largest absolute Gasteiger partial charge is 0.383 e. The lowest BCUT2D eigenvalue weighted by molar-refractivity contribution is 0.0866. The van der Waals surface area contributed by atoms with Gasteiger partial charge in [-0.05, 0) is 30.2 Å². The standard InChI is InChI=1S/C14H18N2O2/c1-10(2)13(9-18-3)16-14(17)12-6-4-11(8-15)5-7-12/h4-7,10,13H,9H2,1-3H3,(H,16,17). The van der Waals surface area contributed by atoms with Gasteiger partial charge in [0.25, 0.3) is 5.91 Å². The van der Waals surface area contributed by atoms with Gasteiger partial charge in [0.05, 0.1) is 24.3 Å². The number of benzene rings is 1. The van der Waals surface area contributed by atoms with E-state index in [1.54, 1.807) is 31.4 Å². The molecule has 0 aliphatic rings. The third kappa shape index (κ3) is 3.86. The predicted molar refractivity (Wildman–Crippen MR) is 69.1 cm³/mol. The van der Waals surface area contributed by atoms with Crippen LogP contribution in [0.25, 0.3) is 0 Å². The molecule has 1 aromatic rings. The molecule has 0 radical (unpaired) electrons.